The second-order valence-corrected chi connectivity index (χ2v) is 4.05. The van der Waals surface area contributed by atoms with Crippen LogP contribution in [0.4, 0.5) is 0 Å². The molecule has 1 atom stereocenters. The fourth-order valence-electron chi connectivity index (χ4n) is 1.09. The van der Waals surface area contributed by atoms with Gasteiger partial charge in [-0.3, -0.25) is 0 Å². The third-order valence-electron chi connectivity index (χ3n) is 2.01. The number of hydrogen-bond donors (Lipinski definition) is 2. The molecule has 14 heavy (non-hydrogen) atoms. The summed E-state index contributed by atoms with van der Waals surface area (Å²) in [6.45, 7) is 1.63. The molecule has 0 aliphatic rings. The van der Waals surface area contributed by atoms with E-state index in [9.17, 15) is 9.90 Å². The minimum atomic E-state index is -1.18. The standard InChI is InChI=1S/C9H13NO3S/c1-9(12,5-10)6-3-4-14-7(6)8(11)13-2/h3-4,12H,5,10H2,1-2H3. The zero-order valence-electron chi connectivity index (χ0n) is 8.11. The third-order valence-corrected chi connectivity index (χ3v) is 2.91. The molecule has 0 saturated carbocycles. The van der Waals surface area contributed by atoms with Crippen LogP contribution in [0.2, 0.25) is 0 Å². The molecule has 1 unspecified atom stereocenters. The summed E-state index contributed by atoms with van der Waals surface area (Å²) in [6.07, 6.45) is 0. The van der Waals surface area contributed by atoms with E-state index >= 15 is 0 Å². The largest absolute Gasteiger partial charge is 0.465 e. The van der Waals surface area contributed by atoms with Crippen molar-refractivity contribution in [2.45, 2.75) is 12.5 Å². The zero-order chi connectivity index (χ0) is 10.8. The predicted octanol–water partition coefficient (Wildman–Crippen LogP) is 0.701. The number of methoxy groups -OCH3 is 1. The number of thiophene rings is 1. The Kier molecular flexibility index (Phi) is 3.25. The summed E-state index contributed by atoms with van der Waals surface area (Å²) in [7, 11) is 1.31. The van der Waals surface area contributed by atoms with E-state index in [0.717, 1.165) is 0 Å². The molecule has 1 heterocycles. The Hall–Kier alpha value is -0.910. The summed E-state index contributed by atoms with van der Waals surface area (Å²) in [5.41, 5.74) is 4.76. The van der Waals surface area contributed by atoms with Gasteiger partial charge in [0.1, 0.15) is 10.5 Å². The smallest absolute Gasteiger partial charge is 0.348 e. The molecule has 0 amide bonds. The van der Waals surface area contributed by atoms with Crippen molar-refractivity contribution in [3.05, 3.63) is 21.9 Å². The van der Waals surface area contributed by atoms with Gasteiger partial charge < -0.3 is 15.6 Å². The van der Waals surface area contributed by atoms with Crippen LogP contribution in [0.15, 0.2) is 11.4 Å². The molecule has 5 heteroatoms. The number of nitrogens with two attached hydrogens (primary N) is 1. The number of carbonyl (C=O) groups excluding carboxylic acids is 1. The van der Waals surface area contributed by atoms with E-state index in [1.165, 1.54) is 18.4 Å². The molecule has 3 N–H and O–H groups in total. The van der Waals surface area contributed by atoms with Gasteiger partial charge in [0.2, 0.25) is 0 Å². The Morgan fingerprint density at radius 1 is 1.79 bits per heavy atom. The number of rotatable bonds is 3. The van der Waals surface area contributed by atoms with Gasteiger partial charge >= 0.3 is 5.97 Å². The van der Waals surface area contributed by atoms with Gasteiger partial charge in [0, 0.05) is 12.1 Å². The van der Waals surface area contributed by atoms with Crippen LogP contribution >= 0.6 is 11.3 Å². The van der Waals surface area contributed by atoms with Crippen molar-refractivity contribution in [2.75, 3.05) is 13.7 Å². The van der Waals surface area contributed by atoms with Gasteiger partial charge in [0.15, 0.2) is 0 Å². The first-order valence-electron chi connectivity index (χ1n) is 4.11. The highest BCUT2D eigenvalue weighted by molar-refractivity contribution is 7.12. The van der Waals surface area contributed by atoms with Crippen molar-refractivity contribution >= 4 is 17.3 Å². The number of carbonyl (C=O) groups is 1. The van der Waals surface area contributed by atoms with E-state index < -0.39 is 11.6 Å². The lowest BCUT2D eigenvalue weighted by Crippen LogP contribution is -2.32. The molecule has 0 bridgehead atoms. The molecule has 78 valence electrons. The lowest BCUT2D eigenvalue weighted by atomic mass is 9.97. The highest BCUT2D eigenvalue weighted by Gasteiger charge is 2.28. The summed E-state index contributed by atoms with van der Waals surface area (Å²) in [5, 5.41) is 11.6. The molecular formula is C9H13NO3S. The van der Waals surface area contributed by atoms with Crippen LogP contribution < -0.4 is 5.73 Å². The average Bonchev–Trinajstić information content (AvgIpc) is 2.65. The van der Waals surface area contributed by atoms with Gasteiger partial charge in [-0.15, -0.1) is 11.3 Å². The van der Waals surface area contributed by atoms with E-state index in [2.05, 4.69) is 4.74 Å². The van der Waals surface area contributed by atoms with Crippen molar-refractivity contribution in [1.29, 1.82) is 0 Å². The predicted molar refractivity (Wildman–Crippen MR) is 54.3 cm³/mol. The molecule has 0 spiro atoms. The van der Waals surface area contributed by atoms with Crippen LogP contribution in [0.25, 0.3) is 0 Å². The van der Waals surface area contributed by atoms with E-state index in [1.807, 2.05) is 0 Å². The number of ether oxygens (including phenoxy) is 1. The molecule has 1 aromatic rings. The van der Waals surface area contributed by atoms with Crippen molar-refractivity contribution in [3.63, 3.8) is 0 Å². The van der Waals surface area contributed by atoms with Crippen LogP contribution in [-0.2, 0) is 10.3 Å². The molecule has 0 aliphatic heterocycles. The monoisotopic (exact) mass is 215 g/mol. The van der Waals surface area contributed by atoms with Gasteiger partial charge in [-0.1, -0.05) is 0 Å². The minimum absolute atomic E-state index is 0.0632. The van der Waals surface area contributed by atoms with Crippen molar-refractivity contribution in [3.8, 4) is 0 Å². The molecule has 0 radical (unpaired) electrons. The van der Waals surface area contributed by atoms with Crippen LogP contribution in [0.5, 0.6) is 0 Å². The fourth-order valence-corrected chi connectivity index (χ4v) is 2.03. The summed E-state index contributed by atoms with van der Waals surface area (Å²) >= 11 is 1.23. The van der Waals surface area contributed by atoms with E-state index in [4.69, 9.17) is 5.73 Å². The zero-order valence-corrected chi connectivity index (χ0v) is 8.93. The second-order valence-electron chi connectivity index (χ2n) is 3.13. The molecule has 0 fully saturated rings. The first-order chi connectivity index (χ1) is 6.53. The third kappa shape index (κ3) is 1.95. The van der Waals surface area contributed by atoms with Crippen LogP contribution in [0.3, 0.4) is 0 Å². The Bertz CT molecular complexity index is 333. The van der Waals surface area contributed by atoms with Crippen molar-refractivity contribution in [1.82, 2.24) is 0 Å². The number of esters is 1. The number of hydrogen-bond acceptors (Lipinski definition) is 5. The summed E-state index contributed by atoms with van der Waals surface area (Å²) < 4.78 is 4.59. The Labute approximate surface area is 86.3 Å². The van der Waals surface area contributed by atoms with Crippen LogP contribution in [0.1, 0.15) is 22.2 Å². The number of aliphatic hydroxyl groups is 1. The van der Waals surface area contributed by atoms with E-state index in [0.29, 0.717) is 10.4 Å². The minimum Gasteiger partial charge on any atom is -0.465 e. The molecule has 4 nitrogen and oxygen atoms in total. The highest BCUT2D eigenvalue weighted by atomic mass is 32.1. The van der Waals surface area contributed by atoms with Gasteiger partial charge in [-0.25, -0.2) is 4.79 Å². The maximum absolute atomic E-state index is 11.3. The Balaban J connectivity index is 3.10. The molecular weight excluding hydrogens is 202 g/mol. The Morgan fingerprint density at radius 3 is 2.93 bits per heavy atom. The molecule has 1 rings (SSSR count). The normalized spacial score (nSPS) is 14.9. The topological polar surface area (TPSA) is 72.5 Å². The maximum atomic E-state index is 11.3. The second kappa shape index (κ2) is 4.08. The maximum Gasteiger partial charge on any atom is 0.348 e. The van der Waals surface area contributed by atoms with E-state index in [1.54, 1.807) is 18.4 Å². The van der Waals surface area contributed by atoms with Gasteiger partial charge in [-0.05, 0) is 18.4 Å². The average molecular weight is 215 g/mol. The fraction of sp³-hybridized carbons (Fsp3) is 0.444. The van der Waals surface area contributed by atoms with Gasteiger partial charge in [0.25, 0.3) is 0 Å². The van der Waals surface area contributed by atoms with Gasteiger partial charge in [0.05, 0.1) is 7.11 Å². The van der Waals surface area contributed by atoms with Crippen molar-refractivity contribution in [2.24, 2.45) is 5.73 Å². The van der Waals surface area contributed by atoms with Crippen LogP contribution in [0, 0.1) is 0 Å². The summed E-state index contributed by atoms with van der Waals surface area (Å²) in [5.74, 6) is -0.441. The molecule has 0 aliphatic carbocycles. The molecule has 0 aromatic carbocycles. The summed E-state index contributed by atoms with van der Waals surface area (Å²) in [4.78, 5) is 11.7. The van der Waals surface area contributed by atoms with Crippen LogP contribution in [-0.4, -0.2) is 24.7 Å². The van der Waals surface area contributed by atoms with Gasteiger partial charge in [-0.2, -0.15) is 0 Å². The molecule has 1 aromatic heterocycles. The lowest BCUT2D eigenvalue weighted by Gasteiger charge is -2.21. The van der Waals surface area contributed by atoms with E-state index in [-0.39, 0.29) is 6.54 Å². The van der Waals surface area contributed by atoms with Crippen molar-refractivity contribution < 1.29 is 14.6 Å². The highest BCUT2D eigenvalue weighted by Crippen LogP contribution is 2.28. The quantitative estimate of drug-likeness (QED) is 0.728. The first kappa shape index (κ1) is 11.2. The lowest BCUT2D eigenvalue weighted by molar-refractivity contribution is 0.0536. The summed E-state index contributed by atoms with van der Waals surface area (Å²) in [6, 6.07) is 1.68. The Morgan fingerprint density at radius 2 is 2.43 bits per heavy atom. The SMILES string of the molecule is COC(=O)c1sccc1C(C)(O)CN. The molecule has 0 saturated heterocycles. The first-order valence-corrected chi connectivity index (χ1v) is 4.99.